The van der Waals surface area contributed by atoms with Gasteiger partial charge in [-0.15, -0.1) is 0 Å². The van der Waals surface area contributed by atoms with Crippen molar-refractivity contribution in [2.45, 2.75) is 62.6 Å². The van der Waals surface area contributed by atoms with E-state index in [0.717, 1.165) is 41.1 Å². The molecule has 4 aromatic carbocycles. The smallest absolute Gasteiger partial charge is 0.264 e. The van der Waals surface area contributed by atoms with E-state index in [1.54, 1.807) is 67.6 Å². The van der Waals surface area contributed by atoms with Gasteiger partial charge in [-0.05, 0) is 78.9 Å². The van der Waals surface area contributed by atoms with Crippen molar-refractivity contribution in [2.75, 3.05) is 10.8 Å². The van der Waals surface area contributed by atoms with Crippen molar-refractivity contribution in [1.82, 2.24) is 10.2 Å². The number of hydrogen-bond acceptors (Lipinski definition) is 4. The highest BCUT2D eigenvalue weighted by Crippen LogP contribution is 2.30. The predicted molar refractivity (Wildman–Crippen MR) is 183 cm³/mol. The number of benzene rings is 4. The minimum absolute atomic E-state index is 0.0323. The van der Waals surface area contributed by atoms with Crippen LogP contribution < -0.4 is 9.62 Å². The van der Waals surface area contributed by atoms with Crippen molar-refractivity contribution in [3.8, 4) is 0 Å². The highest BCUT2D eigenvalue weighted by molar-refractivity contribution is 7.92. The van der Waals surface area contributed by atoms with Crippen molar-refractivity contribution < 1.29 is 18.0 Å². The summed E-state index contributed by atoms with van der Waals surface area (Å²) in [6.07, 6.45) is 4.09. The van der Waals surface area contributed by atoms with Crippen LogP contribution in [0.15, 0.2) is 108 Å². The second kappa shape index (κ2) is 15.2. The molecule has 7 nitrogen and oxygen atoms in total. The van der Waals surface area contributed by atoms with Crippen LogP contribution in [0.1, 0.15) is 42.4 Å². The van der Waals surface area contributed by atoms with Gasteiger partial charge in [0.25, 0.3) is 10.0 Å². The second-order valence-electron chi connectivity index (χ2n) is 11.6. The fraction of sp³-hybridized carbons (Fsp3) is 0.278. The van der Waals surface area contributed by atoms with Crippen LogP contribution in [0, 0.1) is 6.92 Å². The summed E-state index contributed by atoms with van der Waals surface area (Å²) >= 11 is 12.4. The van der Waals surface area contributed by atoms with E-state index in [9.17, 15) is 18.0 Å². The predicted octanol–water partition coefficient (Wildman–Crippen LogP) is 7.20. The van der Waals surface area contributed by atoms with Gasteiger partial charge in [0.2, 0.25) is 11.8 Å². The number of sulfonamides is 1. The van der Waals surface area contributed by atoms with Crippen molar-refractivity contribution in [1.29, 1.82) is 0 Å². The van der Waals surface area contributed by atoms with E-state index >= 15 is 0 Å². The first-order valence-electron chi connectivity index (χ1n) is 15.3. The van der Waals surface area contributed by atoms with Gasteiger partial charge in [-0.2, -0.15) is 0 Å². The van der Waals surface area contributed by atoms with Crippen LogP contribution in [-0.4, -0.2) is 43.8 Å². The molecule has 10 heteroatoms. The Labute approximate surface area is 281 Å². The number of nitrogens with zero attached hydrogens (tertiary/aromatic N) is 2. The van der Waals surface area contributed by atoms with Gasteiger partial charge in [0.15, 0.2) is 0 Å². The van der Waals surface area contributed by atoms with Crippen LogP contribution in [0.2, 0.25) is 10.0 Å². The van der Waals surface area contributed by atoms with Gasteiger partial charge < -0.3 is 10.2 Å². The summed E-state index contributed by atoms with van der Waals surface area (Å²) < 4.78 is 29.5. The fourth-order valence-corrected chi connectivity index (χ4v) is 7.69. The van der Waals surface area contributed by atoms with Crippen LogP contribution in [0.3, 0.4) is 0 Å². The maximum atomic E-state index is 14.6. The van der Waals surface area contributed by atoms with Crippen LogP contribution in [0.25, 0.3) is 0 Å². The van der Waals surface area contributed by atoms with Gasteiger partial charge in [-0.1, -0.05) is 96.7 Å². The molecule has 4 aromatic rings. The van der Waals surface area contributed by atoms with Gasteiger partial charge in [0.05, 0.1) is 10.6 Å². The average molecular weight is 679 g/mol. The summed E-state index contributed by atoms with van der Waals surface area (Å²) in [5.74, 6) is -0.787. The lowest BCUT2D eigenvalue weighted by molar-refractivity contribution is -0.140. The molecule has 46 heavy (non-hydrogen) atoms. The Kier molecular flexibility index (Phi) is 11.0. The molecule has 240 valence electrons. The molecular weight excluding hydrogens is 641 g/mol. The Morgan fingerprint density at radius 1 is 0.826 bits per heavy atom. The maximum absolute atomic E-state index is 14.6. The number of amides is 2. The molecular formula is C36H37Cl2N3O4S. The molecule has 0 spiro atoms. The van der Waals surface area contributed by atoms with Crippen LogP contribution in [-0.2, 0) is 32.6 Å². The molecule has 1 aliphatic rings. The third-order valence-electron chi connectivity index (χ3n) is 8.28. The summed E-state index contributed by atoms with van der Waals surface area (Å²) in [6, 6.07) is 28.6. The summed E-state index contributed by atoms with van der Waals surface area (Å²) in [6.45, 7) is 1.29. The largest absolute Gasteiger partial charge is 0.352 e. The first-order valence-corrected chi connectivity index (χ1v) is 17.5. The lowest BCUT2D eigenvalue weighted by Gasteiger charge is -2.34. The SMILES string of the molecule is Cc1cc(Cl)ccc1N(CC(=O)N(Cc1ccc(Cl)cc1)[C@H](Cc1ccccc1)C(=O)NC1CCCC1)S(=O)(=O)c1ccccc1. The maximum Gasteiger partial charge on any atom is 0.264 e. The molecule has 1 saturated carbocycles. The molecule has 1 aliphatic carbocycles. The van der Waals surface area contributed by atoms with E-state index in [2.05, 4.69) is 5.32 Å². The fourth-order valence-electron chi connectivity index (χ4n) is 5.84. The quantitative estimate of drug-likeness (QED) is 0.172. The van der Waals surface area contributed by atoms with Crippen LogP contribution in [0.5, 0.6) is 0 Å². The van der Waals surface area contributed by atoms with Crippen molar-refractivity contribution in [2.24, 2.45) is 0 Å². The van der Waals surface area contributed by atoms with Crippen molar-refractivity contribution in [3.63, 3.8) is 0 Å². The Hall–Kier alpha value is -3.85. The van der Waals surface area contributed by atoms with Crippen LogP contribution >= 0.6 is 23.2 Å². The van der Waals surface area contributed by atoms with E-state index in [1.165, 1.54) is 17.0 Å². The zero-order chi connectivity index (χ0) is 32.7. The molecule has 1 fully saturated rings. The molecule has 0 unspecified atom stereocenters. The number of hydrogen-bond donors (Lipinski definition) is 1. The molecule has 5 rings (SSSR count). The van der Waals surface area contributed by atoms with E-state index < -0.39 is 28.5 Å². The summed E-state index contributed by atoms with van der Waals surface area (Å²) in [5.41, 5.74) is 2.54. The van der Waals surface area contributed by atoms with Crippen molar-refractivity contribution in [3.05, 3.63) is 130 Å². The number of halogens is 2. The number of rotatable bonds is 12. The summed E-state index contributed by atoms with van der Waals surface area (Å²) in [7, 11) is -4.20. The average Bonchev–Trinajstić information content (AvgIpc) is 3.56. The third-order valence-corrected chi connectivity index (χ3v) is 10.5. The Morgan fingerprint density at radius 2 is 1.43 bits per heavy atom. The van der Waals surface area contributed by atoms with E-state index in [1.807, 2.05) is 30.3 Å². The topological polar surface area (TPSA) is 86.8 Å². The summed E-state index contributed by atoms with van der Waals surface area (Å²) in [5, 5.41) is 4.17. The highest BCUT2D eigenvalue weighted by Gasteiger charge is 2.36. The zero-order valence-corrected chi connectivity index (χ0v) is 27.9. The lowest BCUT2D eigenvalue weighted by Crippen LogP contribution is -2.54. The molecule has 1 N–H and O–H groups in total. The number of anilines is 1. The van der Waals surface area contributed by atoms with Gasteiger partial charge in [0.1, 0.15) is 12.6 Å². The molecule has 0 radical (unpaired) electrons. The number of carbonyl (C=O) groups excluding carboxylic acids is 2. The molecule has 1 atom stereocenters. The monoisotopic (exact) mass is 677 g/mol. The first-order chi connectivity index (χ1) is 22.1. The van der Waals surface area contributed by atoms with Gasteiger partial charge in [-0.25, -0.2) is 8.42 Å². The standard InChI is InChI=1S/C36H37Cl2N3O4S/c1-26-22-30(38)20-21-33(26)41(46(44,45)32-14-6-3-7-15-32)25-35(42)40(24-28-16-18-29(37)19-17-28)34(23-27-10-4-2-5-11-27)36(43)39-31-12-8-9-13-31/h2-7,10-11,14-22,31,34H,8-9,12-13,23-25H2,1H3,(H,39,43)/t34-/m1/s1. The number of aryl methyl sites for hydroxylation is 1. The lowest BCUT2D eigenvalue weighted by atomic mass is 10.0. The minimum atomic E-state index is -4.20. The Morgan fingerprint density at radius 3 is 2.07 bits per heavy atom. The molecule has 0 heterocycles. The molecule has 0 aliphatic heterocycles. The Balaban J connectivity index is 1.57. The van der Waals surface area contributed by atoms with Crippen LogP contribution in [0.4, 0.5) is 5.69 Å². The van der Waals surface area contributed by atoms with Gasteiger partial charge >= 0.3 is 0 Å². The number of carbonyl (C=O) groups is 2. The minimum Gasteiger partial charge on any atom is -0.352 e. The first kappa shape index (κ1) is 33.5. The molecule has 0 bridgehead atoms. The Bertz CT molecular complexity index is 1750. The molecule has 2 amide bonds. The normalized spacial score (nSPS) is 14.1. The van der Waals surface area contributed by atoms with E-state index in [0.29, 0.717) is 21.3 Å². The van der Waals surface area contributed by atoms with Gasteiger partial charge in [-0.3, -0.25) is 13.9 Å². The zero-order valence-electron chi connectivity index (χ0n) is 25.6. The molecule has 0 aromatic heterocycles. The van der Waals surface area contributed by atoms with Crippen molar-refractivity contribution >= 4 is 50.7 Å². The number of nitrogens with one attached hydrogen (secondary N) is 1. The van der Waals surface area contributed by atoms with E-state index in [-0.39, 0.29) is 29.8 Å². The molecule has 0 saturated heterocycles. The van der Waals surface area contributed by atoms with Gasteiger partial charge in [0, 0.05) is 29.1 Å². The second-order valence-corrected chi connectivity index (χ2v) is 14.3. The third kappa shape index (κ3) is 8.29. The van der Waals surface area contributed by atoms with E-state index in [4.69, 9.17) is 23.2 Å². The summed E-state index contributed by atoms with van der Waals surface area (Å²) in [4.78, 5) is 30.2. The highest BCUT2D eigenvalue weighted by atomic mass is 35.5.